The Morgan fingerprint density at radius 1 is 1.24 bits per heavy atom. The van der Waals surface area contributed by atoms with Crippen LogP contribution in [0.1, 0.15) is 32.5 Å². The standard InChI is InChI=1S/C17H27N3O/c1-4-10-18-14(13-21-11-5-2)12-17-19-15-8-6-7-9-16(15)20(17)3/h6-9,14,18H,4-5,10-13H2,1-3H3. The molecule has 4 nitrogen and oxygen atoms in total. The number of nitrogens with zero attached hydrogens (tertiary/aromatic N) is 2. The molecule has 0 spiro atoms. The highest BCUT2D eigenvalue weighted by molar-refractivity contribution is 5.75. The lowest BCUT2D eigenvalue weighted by atomic mass is 10.2. The fourth-order valence-electron chi connectivity index (χ4n) is 2.51. The average Bonchev–Trinajstić information content (AvgIpc) is 2.81. The van der Waals surface area contributed by atoms with Crippen molar-refractivity contribution in [3.63, 3.8) is 0 Å². The number of benzene rings is 1. The Morgan fingerprint density at radius 2 is 2.05 bits per heavy atom. The molecule has 1 aromatic heterocycles. The van der Waals surface area contributed by atoms with Gasteiger partial charge in [-0.05, 0) is 31.5 Å². The van der Waals surface area contributed by atoms with E-state index in [-0.39, 0.29) is 0 Å². The molecular weight excluding hydrogens is 262 g/mol. The molecular formula is C17H27N3O. The van der Waals surface area contributed by atoms with Gasteiger partial charge in [-0.3, -0.25) is 0 Å². The highest BCUT2D eigenvalue weighted by atomic mass is 16.5. The lowest BCUT2D eigenvalue weighted by Crippen LogP contribution is -2.36. The van der Waals surface area contributed by atoms with Crippen LogP contribution in [0.4, 0.5) is 0 Å². The topological polar surface area (TPSA) is 39.1 Å². The molecule has 21 heavy (non-hydrogen) atoms. The molecule has 0 amide bonds. The maximum Gasteiger partial charge on any atom is 0.111 e. The third-order valence-electron chi connectivity index (χ3n) is 3.66. The van der Waals surface area contributed by atoms with Crippen LogP contribution in [0.2, 0.25) is 0 Å². The van der Waals surface area contributed by atoms with Crippen molar-refractivity contribution in [2.24, 2.45) is 7.05 Å². The third-order valence-corrected chi connectivity index (χ3v) is 3.66. The summed E-state index contributed by atoms with van der Waals surface area (Å²) in [4.78, 5) is 4.76. The minimum Gasteiger partial charge on any atom is -0.380 e. The van der Waals surface area contributed by atoms with Gasteiger partial charge in [0, 0.05) is 26.1 Å². The van der Waals surface area contributed by atoms with Crippen molar-refractivity contribution in [3.8, 4) is 0 Å². The van der Waals surface area contributed by atoms with E-state index in [0.717, 1.165) is 50.4 Å². The van der Waals surface area contributed by atoms with Crippen molar-refractivity contribution in [2.45, 2.75) is 39.2 Å². The highest BCUT2D eigenvalue weighted by Crippen LogP contribution is 2.15. The van der Waals surface area contributed by atoms with E-state index in [9.17, 15) is 0 Å². The van der Waals surface area contributed by atoms with E-state index in [0.29, 0.717) is 6.04 Å². The Labute approximate surface area is 127 Å². The van der Waals surface area contributed by atoms with Gasteiger partial charge in [0.2, 0.25) is 0 Å². The molecule has 0 saturated heterocycles. The van der Waals surface area contributed by atoms with E-state index in [1.54, 1.807) is 0 Å². The van der Waals surface area contributed by atoms with Crippen LogP contribution in [0.15, 0.2) is 24.3 Å². The molecule has 0 radical (unpaired) electrons. The Morgan fingerprint density at radius 3 is 2.76 bits per heavy atom. The van der Waals surface area contributed by atoms with Crippen LogP contribution in [0.3, 0.4) is 0 Å². The third kappa shape index (κ3) is 4.29. The summed E-state index contributed by atoms with van der Waals surface area (Å²) < 4.78 is 7.92. The molecule has 4 heteroatoms. The second-order valence-electron chi connectivity index (χ2n) is 5.51. The predicted molar refractivity (Wildman–Crippen MR) is 87.6 cm³/mol. The van der Waals surface area contributed by atoms with Crippen LogP contribution in [0.25, 0.3) is 11.0 Å². The van der Waals surface area contributed by atoms with Crippen LogP contribution in [0.5, 0.6) is 0 Å². The van der Waals surface area contributed by atoms with Crippen molar-refractivity contribution >= 4 is 11.0 Å². The average molecular weight is 289 g/mol. The van der Waals surface area contributed by atoms with E-state index in [1.165, 1.54) is 5.52 Å². The zero-order valence-electron chi connectivity index (χ0n) is 13.4. The van der Waals surface area contributed by atoms with E-state index in [4.69, 9.17) is 9.72 Å². The van der Waals surface area contributed by atoms with Gasteiger partial charge in [-0.25, -0.2) is 4.98 Å². The number of fused-ring (bicyclic) bond motifs is 1. The second-order valence-corrected chi connectivity index (χ2v) is 5.51. The first kappa shape index (κ1) is 16.0. The summed E-state index contributed by atoms with van der Waals surface area (Å²) >= 11 is 0. The number of ether oxygens (including phenoxy) is 1. The Kier molecular flexibility index (Phi) is 6.21. The zero-order chi connectivity index (χ0) is 15.1. The first-order valence-electron chi connectivity index (χ1n) is 7.97. The van der Waals surface area contributed by atoms with Crippen LogP contribution >= 0.6 is 0 Å². The van der Waals surface area contributed by atoms with Crippen molar-refractivity contribution in [1.82, 2.24) is 14.9 Å². The summed E-state index contributed by atoms with van der Waals surface area (Å²) in [7, 11) is 2.09. The molecule has 1 aromatic carbocycles. The maximum absolute atomic E-state index is 5.73. The van der Waals surface area contributed by atoms with E-state index >= 15 is 0 Å². The molecule has 0 fully saturated rings. The predicted octanol–water partition coefficient (Wildman–Crippen LogP) is 2.91. The molecule has 0 aliphatic carbocycles. The summed E-state index contributed by atoms with van der Waals surface area (Å²) in [5, 5.41) is 3.57. The smallest absolute Gasteiger partial charge is 0.111 e. The maximum atomic E-state index is 5.73. The molecule has 116 valence electrons. The van der Waals surface area contributed by atoms with Gasteiger partial charge in [-0.15, -0.1) is 0 Å². The number of para-hydroxylation sites is 2. The Balaban J connectivity index is 2.07. The number of aromatic nitrogens is 2. The van der Waals surface area contributed by atoms with Crippen molar-refractivity contribution < 1.29 is 4.74 Å². The summed E-state index contributed by atoms with van der Waals surface area (Å²) in [6.07, 6.45) is 3.09. The normalized spacial score (nSPS) is 12.9. The molecule has 0 aliphatic rings. The first-order chi connectivity index (χ1) is 10.3. The molecule has 0 saturated carbocycles. The summed E-state index contributed by atoms with van der Waals surface area (Å²) in [6, 6.07) is 8.61. The van der Waals surface area contributed by atoms with Crippen LogP contribution in [-0.4, -0.2) is 35.4 Å². The number of aryl methyl sites for hydroxylation is 1. The van der Waals surface area contributed by atoms with Gasteiger partial charge < -0.3 is 14.6 Å². The summed E-state index contributed by atoms with van der Waals surface area (Å²) in [5.74, 6) is 1.12. The fraction of sp³-hybridized carbons (Fsp3) is 0.588. The Bertz CT molecular complexity index is 550. The van der Waals surface area contributed by atoms with Gasteiger partial charge in [-0.1, -0.05) is 26.0 Å². The van der Waals surface area contributed by atoms with Crippen molar-refractivity contribution in [2.75, 3.05) is 19.8 Å². The highest BCUT2D eigenvalue weighted by Gasteiger charge is 2.14. The summed E-state index contributed by atoms with van der Waals surface area (Å²) in [5.41, 5.74) is 2.26. The quantitative estimate of drug-likeness (QED) is 0.721. The largest absolute Gasteiger partial charge is 0.380 e. The van der Waals surface area contributed by atoms with Crippen molar-refractivity contribution in [1.29, 1.82) is 0 Å². The number of hydrogen-bond acceptors (Lipinski definition) is 3. The van der Waals surface area contributed by atoms with E-state index in [1.807, 2.05) is 6.07 Å². The first-order valence-corrected chi connectivity index (χ1v) is 7.97. The molecule has 1 N–H and O–H groups in total. The molecule has 1 unspecified atom stereocenters. The molecule has 1 heterocycles. The number of hydrogen-bond donors (Lipinski definition) is 1. The molecule has 0 aliphatic heterocycles. The van der Waals surface area contributed by atoms with E-state index < -0.39 is 0 Å². The Hall–Kier alpha value is -1.39. The lowest BCUT2D eigenvalue weighted by Gasteiger charge is -2.18. The minimum absolute atomic E-state index is 0.326. The monoisotopic (exact) mass is 289 g/mol. The van der Waals surface area contributed by atoms with Crippen LogP contribution < -0.4 is 5.32 Å². The number of nitrogens with one attached hydrogen (secondary N) is 1. The lowest BCUT2D eigenvalue weighted by molar-refractivity contribution is 0.111. The van der Waals surface area contributed by atoms with Crippen LogP contribution in [-0.2, 0) is 18.2 Å². The summed E-state index contributed by atoms with van der Waals surface area (Å²) in [6.45, 7) is 6.92. The number of imidazole rings is 1. The van der Waals surface area contributed by atoms with Gasteiger partial charge >= 0.3 is 0 Å². The van der Waals surface area contributed by atoms with Gasteiger partial charge in [0.1, 0.15) is 5.82 Å². The number of rotatable bonds is 9. The molecule has 1 atom stereocenters. The van der Waals surface area contributed by atoms with Crippen LogP contribution in [0, 0.1) is 0 Å². The molecule has 0 bridgehead atoms. The van der Waals surface area contributed by atoms with Gasteiger partial charge in [0.15, 0.2) is 0 Å². The van der Waals surface area contributed by atoms with Gasteiger partial charge in [-0.2, -0.15) is 0 Å². The van der Waals surface area contributed by atoms with Gasteiger partial charge in [0.25, 0.3) is 0 Å². The fourth-order valence-corrected chi connectivity index (χ4v) is 2.51. The van der Waals surface area contributed by atoms with Gasteiger partial charge in [0.05, 0.1) is 17.6 Å². The molecule has 2 rings (SSSR count). The second kappa shape index (κ2) is 8.15. The SMILES string of the molecule is CCCNC(COCCC)Cc1nc2ccccc2n1C. The molecule has 2 aromatic rings. The van der Waals surface area contributed by atoms with E-state index in [2.05, 4.69) is 49.0 Å². The zero-order valence-corrected chi connectivity index (χ0v) is 13.4. The minimum atomic E-state index is 0.326. The van der Waals surface area contributed by atoms with Crippen molar-refractivity contribution in [3.05, 3.63) is 30.1 Å².